The van der Waals surface area contributed by atoms with Gasteiger partial charge in [0.2, 0.25) is 0 Å². The molecule has 0 amide bonds. The largest absolute Gasteiger partial charge is 0.354 e. The van der Waals surface area contributed by atoms with Gasteiger partial charge in [0.05, 0.1) is 6.20 Å². The molecule has 1 N–H and O–H groups in total. The SMILES string of the molecule is Cc1ncc(N2CCNCC2)n1-c1ccc(Cl)cc1. The summed E-state index contributed by atoms with van der Waals surface area (Å²) >= 11 is 5.96. The van der Waals surface area contributed by atoms with Crippen LogP contribution in [0.2, 0.25) is 5.02 Å². The molecule has 1 aromatic carbocycles. The zero-order valence-electron chi connectivity index (χ0n) is 10.9. The van der Waals surface area contributed by atoms with E-state index in [-0.39, 0.29) is 0 Å². The summed E-state index contributed by atoms with van der Waals surface area (Å²) < 4.78 is 2.18. The molecular formula is C14H17ClN4. The molecule has 5 heteroatoms. The summed E-state index contributed by atoms with van der Waals surface area (Å²) in [5.41, 5.74) is 1.10. The van der Waals surface area contributed by atoms with Gasteiger partial charge in [0.15, 0.2) is 0 Å². The number of rotatable bonds is 2. The lowest BCUT2D eigenvalue weighted by Gasteiger charge is -2.30. The zero-order chi connectivity index (χ0) is 13.2. The maximum absolute atomic E-state index is 5.96. The number of nitrogens with one attached hydrogen (secondary N) is 1. The van der Waals surface area contributed by atoms with Crippen molar-refractivity contribution in [3.05, 3.63) is 41.3 Å². The number of nitrogens with zero attached hydrogens (tertiary/aromatic N) is 3. The van der Waals surface area contributed by atoms with Crippen molar-refractivity contribution in [1.29, 1.82) is 0 Å². The van der Waals surface area contributed by atoms with Crippen LogP contribution in [0.4, 0.5) is 5.82 Å². The van der Waals surface area contributed by atoms with Crippen molar-refractivity contribution in [2.24, 2.45) is 0 Å². The van der Waals surface area contributed by atoms with Crippen LogP contribution in [0.5, 0.6) is 0 Å². The van der Waals surface area contributed by atoms with Crippen molar-refractivity contribution in [2.75, 3.05) is 31.1 Å². The number of aryl methyl sites for hydroxylation is 1. The average Bonchev–Trinajstić information content (AvgIpc) is 2.83. The number of halogens is 1. The van der Waals surface area contributed by atoms with Crippen LogP contribution in [-0.2, 0) is 0 Å². The van der Waals surface area contributed by atoms with E-state index in [1.54, 1.807) is 0 Å². The minimum Gasteiger partial charge on any atom is -0.354 e. The van der Waals surface area contributed by atoms with Gasteiger partial charge < -0.3 is 10.2 Å². The number of anilines is 1. The second-order valence-electron chi connectivity index (χ2n) is 4.71. The second-order valence-corrected chi connectivity index (χ2v) is 5.15. The lowest BCUT2D eigenvalue weighted by Crippen LogP contribution is -2.44. The number of hydrogen-bond acceptors (Lipinski definition) is 3. The molecule has 1 aliphatic rings. The van der Waals surface area contributed by atoms with Crippen molar-refractivity contribution in [3.8, 4) is 5.69 Å². The number of aromatic nitrogens is 2. The van der Waals surface area contributed by atoms with Gasteiger partial charge in [-0.2, -0.15) is 0 Å². The predicted molar refractivity (Wildman–Crippen MR) is 78.4 cm³/mol. The van der Waals surface area contributed by atoms with Crippen LogP contribution in [0.1, 0.15) is 5.82 Å². The summed E-state index contributed by atoms with van der Waals surface area (Å²) in [7, 11) is 0. The van der Waals surface area contributed by atoms with E-state index in [1.807, 2.05) is 37.4 Å². The lowest BCUT2D eigenvalue weighted by atomic mass is 10.3. The van der Waals surface area contributed by atoms with Gasteiger partial charge in [-0.05, 0) is 31.2 Å². The standard InChI is InChI=1S/C14H17ClN4/c1-11-17-10-14(18-8-6-16-7-9-18)19(11)13-4-2-12(15)3-5-13/h2-5,10,16H,6-9H2,1H3. The summed E-state index contributed by atoms with van der Waals surface area (Å²) in [5.74, 6) is 2.15. The highest BCUT2D eigenvalue weighted by Crippen LogP contribution is 2.23. The van der Waals surface area contributed by atoms with E-state index in [1.165, 1.54) is 0 Å². The summed E-state index contributed by atoms with van der Waals surface area (Å²) in [6, 6.07) is 7.89. The first-order valence-electron chi connectivity index (χ1n) is 6.51. The Hall–Kier alpha value is -1.52. The summed E-state index contributed by atoms with van der Waals surface area (Å²) in [6.45, 7) is 6.09. The monoisotopic (exact) mass is 276 g/mol. The van der Waals surface area contributed by atoms with Crippen LogP contribution in [0.15, 0.2) is 30.5 Å². The molecule has 0 aliphatic carbocycles. The molecular weight excluding hydrogens is 260 g/mol. The first kappa shape index (κ1) is 12.5. The quantitative estimate of drug-likeness (QED) is 0.913. The van der Waals surface area contributed by atoms with Crippen molar-refractivity contribution in [2.45, 2.75) is 6.92 Å². The molecule has 1 saturated heterocycles. The van der Waals surface area contributed by atoms with Crippen LogP contribution in [0.3, 0.4) is 0 Å². The molecule has 0 atom stereocenters. The summed E-state index contributed by atoms with van der Waals surface area (Å²) in [6.07, 6.45) is 1.95. The Bertz CT molecular complexity index is 555. The van der Waals surface area contributed by atoms with E-state index < -0.39 is 0 Å². The zero-order valence-corrected chi connectivity index (χ0v) is 11.7. The Morgan fingerprint density at radius 2 is 1.84 bits per heavy atom. The molecule has 19 heavy (non-hydrogen) atoms. The third-order valence-electron chi connectivity index (χ3n) is 3.45. The molecule has 0 spiro atoms. The van der Waals surface area contributed by atoms with E-state index in [2.05, 4.69) is 19.8 Å². The van der Waals surface area contributed by atoms with Gasteiger partial charge in [0.25, 0.3) is 0 Å². The fraction of sp³-hybridized carbons (Fsp3) is 0.357. The number of hydrogen-bond donors (Lipinski definition) is 1. The molecule has 1 fully saturated rings. The molecule has 0 unspecified atom stereocenters. The fourth-order valence-electron chi connectivity index (χ4n) is 2.46. The van der Waals surface area contributed by atoms with Gasteiger partial charge in [-0.3, -0.25) is 4.57 Å². The molecule has 1 aliphatic heterocycles. The lowest BCUT2D eigenvalue weighted by molar-refractivity contribution is 0.582. The fourth-order valence-corrected chi connectivity index (χ4v) is 2.58. The maximum atomic E-state index is 5.96. The van der Waals surface area contributed by atoms with Crippen molar-refractivity contribution >= 4 is 17.4 Å². The normalized spacial score (nSPS) is 15.8. The molecule has 0 radical (unpaired) electrons. The average molecular weight is 277 g/mol. The first-order valence-corrected chi connectivity index (χ1v) is 6.89. The van der Waals surface area contributed by atoms with E-state index in [9.17, 15) is 0 Å². The first-order chi connectivity index (χ1) is 9.25. The van der Waals surface area contributed by atoms with E-state index in [0.29, 0.717) is 0 Å². The van der Waals surface area contributed by atoms with E-state index >= 15 is 0 Å². The molecule has 4 nitrogen and oxygen atoms in total. The highest BCUT2D eigenvalue weighted by atomic mass is 35.5. The second kappa shape index (κ2) is 5.23. The van der Waals surface area contributed by atoms with Crippen molar-refractivity contribution in [1.82, 2.24) is 14.9 Å². The highest BCUT2D eigenvalue weighted by Gasteiger charge is 2.17. The Balaban J connectivity index is 2.00. The van der Waals surface area contributed by atoms with Crippen molar-refractivity contribution < 1.29 is 0 Å². The van der Waals surface area contributed by atoms with Crippen LogP contribution in [0.25, 0.3) is 5.69 Å². The number of benzene rings is 1. The third kappa shape index (κ3) is 2.46. The number of imidazole rings is 1. The van der Waals surface area contributed by atoms with E-state index in [4.69, 9.17) is 11.6 Å². The Morgan fingerprint density at radius 3 is 2.53 bits per heavy atom. The molecule has 1 aromatic heterocycles. The molecule has 0 bridgehead atoms. The predicted octanol–water partition coefficient (Wildman–Crippen LogP) is 2.24. The molecule has 100 valence electrons. The van der Waals surface area contributed by atoms with Gasteiger partial charge in [0.1, 0.15) is 11.6 Å². The minimum absolute atomic E-state index is 0.755. The third-order valence-corrected chi connectivity index (χ3v) is 3.70. The Kier molecular flexibility index (Phi) is 3.44. The molecule has 0 saturated carbocycles. The minimum atomic E-state index is 0.755. The van der Waals surface area contributed by atoms with Crippen LogP contribution >= 0.6 is 11.6 Å². The van der Waals surface area contributed by atoms with Crippen LogP contribution in [-0.4, -0.2) is 35.7 Å². The topological polar surface area (TPSA) is 33.1 Å². The van der Waals surface area contributed by atoms with Crippen LogP contribution in [0, 0.1) is 6.92 Å². The maximum Gasteiger partial charge on any atom is 0.133 e. The van der Waals surface area contributed by atoms with Gasteiger partial charge in [0, 0.05) is 36.9 Å². The summed E-state index contributed by atoms with van der Waals surface area (Å²) in [4.78, 5) is 6.82. The van der Waals surface area contributed by atoms with Crippen LogP contribution < -0.4 is 10.2 Å². The summed E-state index contributed by atoms with van der Waals surface area (Å²) in [5, 5.41) is 4.12. The molecule has 3 rings (SSSR count). The van der Waals surface area contributed by atoms with Gasteiger partial charge in [-0.15, -0.1) is 0 Å². The van der Waals surface area contributed by atoms with Gasteiger partial charge in [-0.1, -0.05) is 11.6 Å². The number of piperazine rings is 1. The Morgan fingerprint density at radius 1 is 1.16 bits per heavy atom. The van der Waals surface area contributed by atoms with Gasteiger partial charge in [-0.25, -0.2) is 4.98 Å². The Labute approximate surface area is 118 Å². The molecule has 2 aromatic rings. The smallest absolute Gasteiger partial charge is 0.133 e. The molecule has 2 heterocycles. The highest BCUT2D eigenvalue weighted by molar-refractivity contribution is 6.30. The van der Waals surface area contributed by atoms with E-state index in [0.717, 1.165) is 48.5 Å². The van der Waals surface area contributed by atoms with Gasteiger partial charge >= 0.3 is 0 Å². The van der Waals surface area contributed by atoms with Crippen molar-refractivity contribution in [3.63, 3.8) is 0 Å².